The summed E-state index contributed by atoms with van der Waals surface area (Å²) in [5.74, 6) is -0.338. The Balaban J connectivity index is 4.44. The summed E-state index contributed by atoms with van der Waals surface area (Å²) in [6, 6.07) is 0. The Labute approximate surface area is 72.2 Å². The Morgan fingerprint density at radius 2 is 2.08 bits per heavy atom. The zero-order valence-electron chi connectivity index (χ0n) is 7.39. The highest BCUT2D eigenvalue weighted by atomic mass is 16.2. The molecule has 3 nitrogen and oxygen atoms in total. The molecule has 0 heterocycles. The maximum Gasteiger partial charge on any atom is 0.221 e. The summed E-state index contributed by atoms with van der Waals surface area (Å²) < 4.78 is 0. The van der Waals surface area contributed by atoms with E-state index in [1.807, 2.05) is 0 Å². The highest BCUT2D eigenvalue weighted by Gasteiger charge is 2.06. The van der Waals surface area contributed by atoms with Gasteiger partial charge in [-0.1, -0.05) is 19.6 Å². The minimum absolute atomic E-state index is 0.0925. The maximum absolute atomic E-state index is 11.1. The number of Topliss-reactive ketones (excluding diaryl/α,β-unsaturated/α-hetero) is 1. The van der Waals surface area contributed by atoms with Gasteiger partial charge in [0.15, 0.2) is 5.78 Å². The lowest BCUT2D eigenvalue weighted by Crippen LogP contribution is -2.24. The predicted molar refractivity (Wildman–Crippen MR) is 47.4 cm³/mol. The van der Waals surface area contributed by atoms with E-state index in [4.69, 9.17) is 0 Å². The molecule has 1 amide bonds. The Morgan fingerprint density at radius 3 is 2.42 bits per heavy atom. The molecule has 0 spiro atoms. The molecule has 0 aliphatic rings. The number of amides is 1. The predicted octanol–water partition coefficient (Wildman–Crippen LogP) is 1.17. The molecule has 66 valence electrons. The summed E-state index contributed by atoms with van der Waals surface area (Å²) in [6.07, 6.45) is 3.34. The van der Waals surface area contributed by atoms with Crippen molar-refractivity contribution in [1.82, 2.24) is 5.32 Å². The highest BCUT2D eigenvalue weighted by molar-refractivity contribution is 5.98. The Morgan fingerprint density at radius 1 is 1.50 bits per heavy atom. The van der Waals surface area contributed by atoms with Crippen LogP contribution in [0.5, 0.6) is 0 Å². The number of carbonyl (C=O) groups is 2. The molecule has 0 saturated heterocycles. The SMILES string of the molecule is C=C/C=C(\NC(C)=O)C(=O)CC. The number of carbonyl (C=O) groups excluding carboxylic acids is 2. The van der Waals surface area contributed by atoms with Crippen molar-refractivity contribution < 1.29 is 9.59 Å². The van der Waals surface area contributed by atoms with Crippen molar-refractivity contribution in [1.29, 1.82) is 0 Å². The number of hydrogen-bond acceptors (Lipinski definition) is 2. The summed E-state index contributed by atoms with van der Waals surface area (Å²) in [5.41, 5.74) is 0.306. The van der Waals surface area contributed by atoms with Crippen molar-refractivity contribution in [2.75, 3.05) is 0 Å². The molecular formula is C9H13NO2. The zero-order valence-corrected chi connectivity index (χ0v) is 7.39. The quantitative estimate of drug-likeness (QED) is 0.504. The van der Waals surface area contributed by atoms with Crippen LogP contribution in [0, 0.1) is 0 Å². The first-order valence-corrected chi connectivity index (χ1v) is 3.75. The molecule has 0 rings (SSSR count). The van der Waals surface area contributed by atoms with Gasteiger partial charge in [-0.05, 0) is 6.08 Å². The standard InChI is InChI=1S/C9H13NO2/c1-4-6-8(9(12)5-2)10-7(3)11/h4,6H,1,5H2,2-3H3,(H,10,11)/b8-6-. The lowest BCUT2D eigenvalue weighted by molar-refractivity contribution is -0.121. The maximum atomic E-state index is 11.1. The van der Waals surface area contributed by atoms with E-state index in [1.165, 1.54) is 19.1 Å². The van der Waals surface area contributed by atoms with Gasteiger partial charge in [-0.2, -0.15) is 0 Å². The van der Waals surface area contributed by atoms with E-state index in [0.29, 0.717) is 12.1 Å². The van der Waals surface area contributed by atoms with Crippen LogP contribution in [0.15, 0.2) is 24.4 Å². The van der Waals surface area contributed by atoms with Gasteiger partial charge < -0.3 is 5.32 Å². The molecule has 0 aliphatic heterocycles. The van der Waals surface area contributed by atoms with Crippen LogP contribution >= 0.6 is 0 Å². The van der Waals surface area contributed by atoms with Gasteiger partial charge in [0.25, 0.3) is 0 Å². The van der Waals surface area contributed by atoms with Gasteiger partial charge >= 0.3 is 0 Å². The fourth-order valence-electron chi connectivity index (χ4n) is 0.702. The Bertz CT molecular complexity index is 229. The van der Waals surface area contributed by atoms with Gasteiger partial charge in [0.1, 0.15) is 0 Å². The third kappa shape index (κ3) is 3.71. The molecular weight excluding hydrogens is 154 g/mol. The van der Waals surface area contributed by atoms with Gasteiger partial charge in [0.2, 0.25) is 5.91 Å². The van der Waals surface area contributed by atoms with Crippen molar-refractivity contribution in [3.63, 3.8) is 0 Å². The van der Waals surface area contributed by atoms with Gasteiger partial charge in [-0.15, -0.1) is 0 Å². The van der Waals surface area contributed by atoms with Crippen molar-refractivity contribution in [3.05, 3.63) is 24.4 Å². The van der Waals surface area contributed by atoms with Crippen LogP contribution in [0.1, 0.15) is 20.3 Å². The largest absolute Gasteiger partial charge is 0.323 e. The topological polar surface area (TPSA) is 46.2 Å². The molecule has 1 N–H and O–H groups in total. The van der Waals surface area contributed by atoms with E-state index in [0.717, 1.165) is 0 Å². The Kier molecular flexibility index (Phi) is 4.69. The van der Waals surface area contributed by atoms with E-state index in [9.17, 15) is 9.59 Å². The lowest BCUT2D eigenvalue weighted by atomic mass is 10.2. The van der Waals surface area contributed by atoms with Gasteiger partial charge in [-0.3, -0.25) is 9.59 Å². The highest BCUT2D eigenvalue weighted by Crippen LogP contribution is 1.95. The second kappa shape index (κ2) is 5.29. The molecule has 0 unspecified atom stereocenters. The zero-order chi connectivity index (χ0) is 9.56. The van der Waals surface area contributed by atoms with E-state index >= 15 is 0 Å². The van der Waals surface area contributed by atoms with Crippen molar-refractivity contribution >= 4 is 11.7 Å². The molecule has 0 aromatic rings. The van der Waals surface area contributed by atoms with Crippen molar-refractivity contribution in [2.24, 2.45) is 0 Å². The molecule has 0 fully saturated rings. The van der Waals surface area contributed by atoms with Crippen molar-refractivity contribution in [2.45, 2.75) is 20.3 Å². The van der Waals surface area contributed by atoms with Gasteiger partial charge in [0.05, 0.1) is 5.70 Å². The van der Waals surface area contributed by atoms with Crippen LogP contribution in [0.2, 0.25) is 0 Å². The Hall–Kier alpha value is -1.38. The van der Waals surface area contributed by atoms with Crippen LogP contribution in [0.25, 0.3) is 0 Å². The number of nitrogens with one attached hydrogen (secondary N) is 1. The van der Waals surface area contributed by atoms with Gasteiger partial charge in [0, 0.05) is 13.3 Å². The second-order valence-corrected chi connectivity index (χ2v) is 2.27. The first kappa shape index (κ1) is 10.6. The van der Waals surface area contributed by atoms with Crippen LogP contribution in [-0.4, -0.2) is 11.7 Å². The van der Waals surface area contributed by atoms with E-state index < -0.39 is 0 Å². The van der Waals surface area contributed by atoms with Crippen LogP contribution in [-0.2, 0) is 9.59 Å². The molecule has 0 saturated carbocycles. The van der Waals surface area contributed by atoms with Gasteiger partial charge in [-0.25, -0.2) is 0 Å². The summed E-state index contributed by atoms with van der Waals surface area (Å²) in [4.78, 5) is 21.7. The first-order chi connectivity index (χ1) is 5.61. The minimum atomic E-state index is -0.245. The second-order valence-electron chi connectivity index (χ2n) is 2.27. The third-order valence-electron chi connectivity index (χ3n) is 1.22. The molecule has 3 heteroatoms. The smallest absolute Gasteiger partial charge is 0.221 e. The van der Waals surface area contributed by atoms with E-state index in [-0.39, 0.29) is 11.7 Å². The molecule has 0 bridgehead atoms. The van der Waals surface area contributed by atoms with Crippen LogP contribution in [0.4, 0.5) is 0 Å². The number of ketones is 1. The summed E-state index contributed by atoms with van der Waals surface area (Å²) in [6.45, 7) is 6.54. The molecule has 0 radical (unpaired) electrons. The normalized spacial score (nSPS) is 10.7. The average Bonchev–Trinajstić information content (AvgIpc) is 2.01. The summed E-state index contributed by atoms with van der Waals surface area (Å²) in [5, 5.41) is 2.43. The van der Waals surface area contributed by atoms with E-state index in [1.54, 1.807) is 6.92 Å². The number of hydrogen-bond donors (Lipinski definition) is 1. The summed E-state index contributed by atoms with van der Waals surface area (Å²) >= 11 is 0. The average molecular weight is 167 g/mol. The molecule has 0 aliphatic carbocycles. The number of rotatable bonds is 4. The first-order valence-electron chi connectivity index (χ1n) is 3.75. The summed E-state index contributed by atoms with van der Waals surface area (Å²) in [7, 11) is 0. The minimum Gasteiger partial charge on any atom is -0.323 e. The monoisotopic (exact) mass is 167 g/mol. The molecule has 0 atom stereocenters. The van der Waals surface area contributed by atoms with Crippen LogP contribution in [0.3, 0.4) is 0 Å². The fraction of sp³-hybridized carbons (Fsp3) is 0.333. The van der Waals surface area contributed by atoms with Crippen LogP contribution < -0.4 is 5.32 Å². The third-order valence-corrected chi connectivity index (χ3v) is 1.22. The lowest BCUT2D eigenvalue weighted by Gasteiger charge is -2.03. The molecule has 12 heavy (non-hydrogen) atoms. The van der Waals surface area contributed by atoms with Crippen molar-refractivity contribution in [3.8, 4) is 0 Å². The molecule has 0 aromatic carbocycles. The fourth-order valence-corrected chi connectivity index (χ4v) is 0.702. The molecule has 0 aromatic heterocycles. The number of allylic oxidation sites excluding steroid dienone is 3. The van der Waals surface area contributed by atoms with E-state index in [2.05, 4.69) is 11.9 Å².